The van der Waals surface area contributed by atoms with E-state index in [4.69, 9.17) is 9.47 Å². The molecule has 6 nitrogen and oxygen atoms in total. The van der Waals surface area contributed by atoms with Gasteiger partial charge in [0.2, 0.25) is 5.91 Å². The molecule has 0 bridgehead atoms. The lowest BCUT2D eigenvalue weighted by Crippen LogP contribution is -2.46. The van der Waals surface area contributed by atoms with Gasteiger partial charge in [-0.25, -0.2) is 4.79 Å². The molecular formula is C28H34N2O4. The van der Waals surface area contributed by atoms with E-state index >= 15 is 0 Å². The van der Waals surface area contributed by atoms with E-state index in [9.17, 15) is 9.59 Å². The molecule has 1 atom stereocenters. The number of benzene rings is 2. The minimum absolute atomic E-state index is 0.234. The second-order valence-corrected chi connectivity index (χ2v) is 10.1. The van der Waals surface area contributed by atoms with Gasteiger partial charge >= 0.3 is 6.09 Å². The third-order valence-electron chi connectivity index (χ3n) is 7.95. The van der Waals surface area contributed by atoms with E-state index in [1.807, 2.05) is 52.3 Å². The second-order valence-electron chi connectivity index (χ2n) is 10.1. The van der Waals surface area contributed by atoms with E-state index in [0.717, 1.165) is 55.4 Å². The first kappa shape index (κ1) is 22.8. The Morgan fingerprint density at radius 2 is 1.68 bits per heavy atom. The summed E-state index contributed by atoms with van der Waals surface area (Å²) in [7, 11) is 1.66. The third-order valence-corrected chi connectivity index (χ3v) is 7.95. The summed E-state index contributed by atoms with van der Waals surface area (Å²) in [6, 6.07) is 18.1. The Morgan fingerprint density at radius 3 is 2.38 bits per heavy atom. The molecule has 180 valence electrons. The van der Waals surface area contributed by atoms with Crippen molar-refractivity contribution in [3.8, 4) is 5.75 Å². The highest BCUT2D eigenvalue weighted by atomic mass is 16.6. The summed E-state index contributed by atoms with van der Waals surface area (Å²) in [5, 5.41) is 0. The number of hydrogen-bond acceptors (Lipinski definition) is 4. The van der Waals surface area contributed by atoms with Crippen molar-refractivity contribution in [3.63, 3.8) is 0 Å². The standard InChI is InChI=1S/C28H34N2O4/c1-33-24-12-10-23(11-13-24)28(15-5-6-16-28)25(31)29-18-7-14-27(17-19-29)21-30(26(32)34-27)20-22-8-3-2-4-9-22/h2-4,8-13H,5-7,14-21H2,1H3/t27-/m1/s1. The number of carbonyl (C=O) groups is 2. The fraction of sp³-hybridized carbons (Fsp3) is 0.500. The monoisotopic (exact) mass is 462 g/mol. The summed E-state index contributed by atoms with van der Waals surface area (Å²) >= 11 is 0. The Balaban J connectivity index is 1.29. The molecule has 0 aromatic heterocycles. The Labute approximate surface area is 201 Å². The first-order valence-corrected chi connectivity index (χ1v) is 12.5. The number of carbonyl (C=O) groups excluding carboxylic acids is 2. The van der Waals surface area contributed by atoms with Crippen LogP contribution in [0.15, 0.2) is 54.6 Å². The zero-order valence-corrected chi connectivity index (χ0v) is 20.0. The van der Waals surface area contributed by atoms with Crippen molar-refractivity contribution in [1.29, 1.82) is 0 Å². The smallest absolute Gasteiger partial charge is 0.410 e. The number of amides is 2. The Morgan fingerprint density at radius 1 is 0.941 bits per heavy atom. The molecule has 2 aromatic rings. The minimum atomic E-state index is -0.496. The molecule has 2 heterocycles. The van der Waals surface area contributed by atoms with Crippen molar-refractivity contribution in [2.75, 3.05) is 26.7 Å². The quantitative estimate of drug-likeness (QED) is 0.634. The van der Waals surface area contributed by atoms with Gasteiger partial charge in [0.05, 0.1) is 19.1 Å². The van der Waals surface area contributed by atoms with Crippen LogP contribution in [0.5, 0.6) is 5.75 Å². The summed E-state index contributed by atoms with van der Waals surface area (Å²) in [5.41, 5.74) is 1.25. The van der Waals surface area contributed by atoms with Crippen LogP contribution in [0.2, 0.25) is 0 Å². The van der Waals surface area contributed by atoms with Gasteiger partial charge in [-0.2, -0.15) is 0 Å². The summed E-state index contributed by atoms with van der Waals surface area (Å²) in [6.45, 7) is 2.49. The molecule has 1 saturated carbocycles. The van der Waals surface area contributed by atoms with Crippen molar-refractivity contribution < 1.29 is 19.1 Å². The van der Waals surface area contributed by atoms with E-state index in [0.29, 0.717) is 32.6 Å². The van der Waals surface area contributed by atoms with Gasteiger partial charge in [-0.1, -0.05) is 55.3 Å². The number of nitrogens with zero attached hydrogens (tertiary/aromatic N) is 2. The minimum Gasteiger partial charge on any atom is -0.497 e. The molecule has 3 aliphatic rings. The maximum atomic E-state index is 14.0. The van der Waals surface area contributed by atoms with Gasteiger partial charge in [0.25, 0.3) is 0 Å². The predicted octanol–water partition coefficient (Wildman–Crippen LogP) is 4.91. The number of methoxy groups -OCH3 is 1. The number of hydrogen-bond donors (Lipinski definition) is 0. The van der Waals surface area contributed by atoms with Gasteiger partial charge in [-0.15, -0.1) is 0 Å². The average molecular weight is 463 g/mol. The first-order valence-electron chi connectivity index (χ1n) is 12.5. The summed E-state index contributed by atoms with van der Waals surface area (Å²) in [4.78, 5) is 30.5. The molecule has 2 aliphatic heterocycles. The van der Waals surface area contributed by atoms with E-state index < -0.39 is 11.0 Å². The van der Waals surface area contributed by atoms with Crippen molar-refractivity contribution in [1.82, 2.24) is 9.80 Å². The molecule has 0 N–H and O–H groups in total. The number of rotatable bonds is 5. The van der Waals surface area contributed by atoms with Crippen LogP contribution in [0.4, 0.5) is 4.79 Å². The predicted molar refractivity (Wildman–Crippen MR) is 130 cm³/mol. The van der Waals surface area contributed by atoms with E-state index in [1.165, 1.54) is 0 Å². The molecule has 1 aliphatic carbocycles. The highest BCUT2D eigenvalue weighted by Gasteiger charge is 2.49. The van der Waals surface area contributed by atoms with E-state index in [1.54, 1.807) is 7.11 Å². The van der Waals surface area contributed by atoms with Crippen molar-refractivity contribution in [2.45, 2.75) is 62.5 Å². The van der Waals surface area contributed by atoms with Gasteiger partial charge in [0.1, 0.15) is 11.4 Å². The van der Waals surface area contributed by atoms with Crippen LogP contribution < -0.4 is 4.74 Å². The van der Waals surface area contributed by atoms with Gasteiger partial charge in [-0.05, 0) is 48.9 Å². The van der Waals surface area contributed by atoms with Gasteiger partial charge in [0, 0.05) is 26.1 Å². The number of likely N-dealkylation sites (tertiary alicyclic amines) is 1. The van der Waals surface area contributed by atoms with E-state index in [2.05, 4.69) is 12.1 Å². The highest BCUT2D eigenvalue weighted by molar-refractivity contribution is 5.88. The molecule has 34 heavy (non-hydrogen) atoms. The first-order chi connectivity index (χ1) is 16.5. The lowest BCUT2D eigenvalue weighted by atomic mass is 9.77. The van der Waals surface area contributed by atoms with Crippen LogP contribution in [0.3, 0.4) is 0 Å². The van der Waals surface area contributed by atoms with Crippen LogP contribution >= 0.6 is 0 Å². The molecule has 0 radical (unpaired) electrons. The number of ether oxygens (including phenoxy) is 2. The lowest BCUT2D eigenvalue weighted by molar-refractivity contribution is -0.137. The maximum absolute atomic E-state index is 14.0. The van der Waals surface area contributed by atoms with Crippen molar-refractivity contribution >= 4 is 12.0 Å². The summed E-state index contributed by atoms with van der Waals surface area (Å²) < 4.78 is 11.3. The Kier molecular flexibility index (Phi) is 6.24. The molecule has 6 heteroatoms. The zero-order valence-electron chi connectivity index (χ0n) is 20.0. The van der Waals surface area contributed by atoms with Gasteiger partial charge in [0.15, 0.2) is 0 Å². The van der Waals surface area contributed by atoms with Crippen LogP contribution in [0.1, 0.15) is 56.1 Å². The molecule has 0 unspecified atom stereocenters. The molecule has 2 amide bonds. The van der Waals surface area contributed by atoms with Gasteiger partial charge in [-0.3, -0.25) is 9.69 Å². The fourth-order valence-electron chi connectivity index (χ4n) is 6.07. The summed E-state index contributed by atoms with van der Waals surface area (Å²) in [6.07, 6.45) is 6.01. The topological polar surface area (TPSA) is 59.1 Å². The largest absolute Gasteiger partial charge is 0.497 e. The van der Waals surface area contributed by atoms with Crippen molar-refractivity contribution in [3.05, 3.63) is 65.7 Å². The van der Waals surface area contributed by atoms with Crippen LogP contribution in [-0.4, -0.2) is 54.1 Å². The fourth-order valence-corrected chi connectivity index (χ4v) is 6.07. The molecule has 2 aromatic carbocycles. The normalized spacial score (nSPS) is 24.2. The highest BCUT2D eigenvalue weighted by Crippen LogP contribution is 2.44. The lowest BCUT2D eigenvalue weighted by Gasteiger charge is -2.35. The second kappa shape index (κ2) is 9.32. The SMILES string of the molecule is COc1ccc(C2(C(=O)N3CCC[C@@]4(CC3)CN(Cc3ccccc3)C(=O)O4)CCCC2)cc1. The van der Waals surface area contributed by atoms with Crippen molar-refractivity contribution in [2.24, 2.45) is 0 Å². The average Bonchev–Trinajstić information content (AvgIpc) is 3.41. The Bertz CT molecular complexity index is 1020. The van der Waals surface area contributed by atoms with Crippen LogP contribution in [-0.2, 0) is 21.5 Å². The van der Waals surface area contributed by atoms with Gasteiger partial charge < -0.3 is 14.4 Å². The Hall–Kier alpha value is -3.02. The zero-order chi connectivity index (χ0) is 23.6. The van der Waals surface area contributed by atoms with E-state index in [-0.39, 0.29) is 12.0 Å². The summed E-state index contributed by atoms with van der Waals surface area (Å²) in [5.74, 6) is 1.04. The third kappa shape index (κ3) is 4.26. The maximum Gasteiger partial charge on any atom is 0.410 e. The van der Waals surface area contributed by atoms with Crippen LogP contribution in [0.25, 0.3) is 0 Å². The van der Waals surface area contributed by atoms with Crippen LogP contribution in [0, 0.1) is 0 Å². The molecule has 5 rings (SSSR count). The molecule has 1 spiro atoms. The molecule has 3 fully saturated rings. The molecular weight excluding hydrogens is 428 g/mol. The molecule has 2 saturated heterocycles.